The van der Waals surface area contributed by atoms with Crippen molar-refractivity contribution in [2.24, 2.45) is 5.92 Å². The van der Waals surface area contributed by atoms with Crippen molar-refractivity contribution in [3.8, 4) is 0 Å². The average Bonchev–Trinajstić information content (AvgIpc) is 1.65. The summed E-state index contributed by atoms with van der Waals surface area (Å²) < 4.78 is 0. The molecule has 0 aliphatic heterocycles. The molecular formula is C6H14O2. The third-order valence-electron chi connectivity index (χ3n) is 1.06. The summed E-state index contributed by atoms with van der Waals surface area (Å²) in [5.74, 6) is 0.231. The van der Waals surface area contributed by atoms with E-state index in [1.165, 1.54) is 0 Å². The van der Waals surface area contributed by atoms with Crippen molar-refractivity contribution in [3.63, 3.8) is 0 Å². The number of hydrogen-bond donors (Lipinski definition) is 2. The van der Waals surface area contributed by atoms with E-state index < -0.39 is 0 Å². The molecule has 0 spiro atoms. The highest BCUT2D eigenvalue weighted by Crippen LogP contribution is 2.02. The maximum Gasteiger partial charge on any atom is 0.0515 e. The Morgan fingerprint density at radius 2 is 1.88 bits per heavy atom. The summed E-state index contributed by atoms with van der Waals surface area (Å²) in [5, 5.41) is 17.2. The molecule has 0 rings (SSSR count). The zero-order valence-electron chi connectivity index (χ0n) is 5.46. The van der Waals surface area contributed by atoms with Crippen LogP contribution in [0.1, 0.15) is 20.3 Å². The van der Waals surface area contributed by atoms with Crippen LogP contribution in [-0.4, -0.2) is 22.9 Å². The van der Waals surface area contributed by atoms with Crippen LogP contribution in [0.3, 0.4) is 0 Å². The third kappa shape index (κ3) is 4.09. The fraction of sp³-hybridized carbons (Fsp3) is 1.00. The minimum absolute atomic E-state index is 0.172. The van der Waals surface area contributed by atoms with Crippen LogP contribution in [0.2, 0.25) is 0 Å². The summed E-state index contributed by atoms with van der Waals surface area (Å²) in [6.45, 7) is 3.81. The maximum atomic E-state index is 8.74. The summed E-state index contributed by atoms with van der Waals surface area (Å²) in [6, 6.07) is 0. The summed E-state index contributed by atoms with van der Waals surface area (Å²) in [6.07, 6.45) is 0.411. The largest absolute Gasteiger partial charge is 0.396 e. The van der Waals surface area contributed by atoms with Gasteiger partial charge in [-0.25, -0.2) is 0 Å². The van der Waals surface area contributed by atoms with Crippen LogP contribution in [0.5, 0.6) is 0 Å². The predicted octanol–water partition coefficient (Wildman–Crippen LogP) is 0.386. The van der Waals surface area contributed by atoms with Gasteiger partial charge in [0, 0.05) is 6.61 Å². The van der Waals surface area contributed by atoms with Gasteiger partial charge in [0.25, 0.3) is 0 Å². The zero-order chi connectivity index (χ0) is 6.57. The molecule has 2 heteroatoms. The molecule has 0 radical (unpaired) electrons. The molecule has 2 N–H and O–H groups in total. The second kappa shape index (κ2) is 3.87. The van der Waals surface area contributed by atoms with E-state index in [1.807, 2.05) is 6.92 Å². The van der Waals surface area contributed by atoms with Gasteiger partial charge in [-0.15, -0.1) is 0 Å². The standard InChI is InChI=1S/C6H14O2/c1-5(4-7)3-6(2)8/h5-8H,3-4H2,1-2H3/t5-,6-/m1/s1. The Labute approximate surface area is 50.2 Å². The van der Waals surface area contributed by atoms with Crippen molar-refractivity contribution in [1.82, 2.24) is 0 Å². The summed E-state index contributed by atoms with van der Waals surface area (Å²) in [5.41, 5.74) is 0. The lowest BCUT2D eigenvalue weighted by Gasteiger charge is -2.08. The van der Waals surface area contributed by atoms with Gasteiger partial charge in [0.15, 0.2) is 0 Å². The van der Waals surface area contributed by atoms with Crippen molar-refractivity contribution in [3.05, 3.63) is 0 Å². The first-order valence-electron chi connectivity index (χ1n) is 2.95. The zero-order valence-corrected chi connectivity index (χ0v) is 5.46. The van der Waals surface area contributed by atoms with Crippen LogP contribution in [0, 0.1) is 5.92 Å². The Morgan fingerprint density at radius 3 is 2.00 bits per heavy atom. The van der Waals surface area contributed by atoms with Crippen molar-refractivity contribution in [1.29, 1.82) is 0 Å². The predicted molar refractivity (Wildman–Crippen MR) is 32.5 cm³/mol. The molecule has 50 valence electrons. The minimum Gasteiger partial charge on any atom is -0.396 e. The number of aliphatic hydroxyl groups excluding tert-OH is 2. The van der Waals surface area contributed by atoms with E-state index >= 15 is 0 Å². The van der Waals surface area contributed by atoms with Gasteiger partial charge >= 0.3 is 0 Å². The van der Waals surface area contributed by atoms with E-state index in [2.05, 4.69) is 0 Å². The van der Waals surface area contributed by atoms with Gasteiger partial charge in [-0.2, -0.15) is 0 Å². The van der Waals surface area contributed by atoms with Gasteiger partial charge in [-0.05, 0) is 19.3 Å². The first-order chi connectivity index (χ1) is 3.66. The van der Waals surface area contributed by atoms with Crippen LogP contribution in [0.25, 0.3) is 0 Å². The van der Waals surface area contributed by atoms with Crippen LogP contribution >= 0.6 is 0 Å². The Bertz CT molecular complexity index is 52.5. The lowest BCUT2D eigenvalue weighted by atomic mass is 10.1. The minimum atomic E-state index is -0.280. The van der Waals surface area contributed by atoms with Crippen molar-refractivity contribution >= 4 is 0 Å². The van der Waals surface area contributed by atoms with E-state index in [-0.39, 0.29) is 18.6 Å². The van der Waals surface area contributed by atoms with Gasteiger partial charge in [0.2, 0.25) is 0 Å². The molecule has 0 aromatic heterocycles. The summed E-state index contributed by atoms with van der Waals surface area (Å²) in [7, 11) is 0. The van der Waals surface area contributed by atoms with Crippen LogP contribution < -0.4 is 0 Å². The molecule has 2 nitrogen and oxygen atoms in total. The maximum absolute atomic E-state index is 8.74. The molecular weight excluding hydrogens is 104 g/mol. The van der Waals surface area contributed by atoms with Crippen molar-refractivity contribution < 1.29 is 10.2 Å². The smallest absolute Gasteiger partial charge is 0.0515 e. The normalized spacial score (nSPS) is 18.0. The topological polar surface area (TPSA) is 40.5 Å². The van der Waals surface area contributed by atoms with Gasteiger partial charge < -0.3 is 10.2 Å². The second-order valence-corrected chi connectivity index (χ2v) is 2.37. The second-order valence-electron chi connectivity index (χ2n) is 2.37. The Hall–Kier alpha value is -0.0800. The molecule has 0 fully saturated rings. The number of rotatable bonds is 3. The van der Waals surface area contributed by atoms with Crippen LogP contribution in [-0.2, 0) is 0 Å². The summed E-state index contributed by atoms with van der Waals surface area (Å²) >= 11 is 0. The molecule has 0 aromatic carbocycles. The Kier molecular flexibility index (Phi) is 3.83. The van der Waals surface area contributed by atoms with Gasteiger partial charge in [-0.1, -0.05) is 6.92 Å². The number of aliphatic hydroxyl groups is 2. The first-order valence-corrected chi connectivity index (χ1v) is 2.95. The number of hydrogen-bond acceptors (Lipinski definition) is 2. The molecule has 8 heavy (non-hydrogen) atoms. The van der Waals surface area contributed by atoms with E-state index in [9.17, 15) is 0 Å². The highest BCUT2D eigenvalue weighted by molar-refractivity contribution is 4.53. The van der Waals surface area contributed by atoms with Gasteiger partial charge in [0.05, 0.1) is 6.10 Å². The first kappa shape index (κ1) is 7.92. The van der Waals surface area contributed by atoms with E-state index in [1.54, 1.807) is 6.92 Å². The Morgan fingerprint density at radius 1 is 1.38 bits per heavy atom. The van der Waals surface area contributed by atoms with E-state index in [4.69, 9.17) is 10.2 Å². The van der Waals surface area contributed by atoms with Crippen molar-refractivity contribution in [2.45, 2.75) is 26.4 Å². The average molecular weight is 118 g/mol. The highest BCUT2D eigenvalue weighted by atomic mass is 16.3. The molecule has 0 saturated carbocycles. The van der Waals surface area contributed by atoms with E-state index in [0.29, 0.717) is 6.42 Å². The molecule has 0 aliphatic rings. The molecule has 2 atom stereocenters. The van der Waals surface area contributed by atoms with E-state index in [0.717, 1.165) is 0 Å². The van der Waals surface area contributed by atoms with Crippen molar-refractivity contribution in [2.75, 3.05) is 6.61 Å². The fourth-order valence-corrected chi connectivity index (χ4v) is 0.657. The monoisotopic (exact) mass is 118 g/mol. The molecule has 0 amide bonds. The highest BCUT2D eigenvalue weighted by Gasteiger charge is 2.02. The van der Waals surface area contributed by atoms with Gasteiger partial charge in [-0.3, -0.25) is 0 Å². The lowest BCUT2D eigenvalue weighted by molar-refractivity contribution is 0.136. The molecule has 0 saturated heterocycles. The van der Waals surface area contributed by atoms with Crippen LogP contribution in [0.4, 0.5) is 0 Å². The quantitative estimate of drug-likeness (QED) is 0.562. The molecule has 0 aliphatic carbocycles. The fourth-order valence-electron chi connectivity index (χ4n) is 0.657. The van der Waals surface area contributed by atoms with Gasteiger partial charge in [0.1, 0.15) is 0 Å². The SMILES string of the molecule is C[C@@H](CO)C[C@@H](C)O. The molecule has 0 aromatic rings. The van der Waals surface area contributed by atoms with Crippen LogP contribution in [0.15, 0.2) is 0 Å². The third-order valence-corrected chi connectivity index (χ3v) is 1.06. The molecule has 0 unspecified atom stereocenters. The Balaban J connectivity index is 3.10. The molecule has 0 bridgehead atoms. The summed E-state index contributed by atoms with van der Waals surface area (Å²) in [4.78, 5) is 0. The molecule has 0 heterocycles. The lowest BCUT2D eigenvalue weighted by Crippen LogP contribution is -2.09.